The number of nitrogens with one attached hydrogen (secondary N) is 2. The fourth-order valence-corrected chi connectivity index (χ4v) is 2.87. The Bertz CT molecular complexity index is 1010. The van der Waals surface area contributed by atoms with Gasteiger partial charge < -0.3 is 24.5 Å². The summed E-state index contributed by atoms with van der Waals surface area (Å²) < 4.78 is 39.8. The monoisotopic (exact) mass is 430 g/mol. The number of methoxy groups -OCH3 is 1. The Morgan fingerprint density at radius 2 is 1.81 bits per heavy atom. The fourth-order valence-electron chi connectivity index (χ4n) is 2.87. The van der Waals surface area contributed by atoms with Gasteiger partial charge in [-0.2, -0.15) is 8.78 Å². The first kappa shape index (κ1) is 21.8. The zero-order chi connectivity index (χ0) is 22.2. The Labute approximate surface area is 177 Å². The van der Waals surface area contributed by atoms with E-state index in [0.29, 0.717) is 0 Å². The molecule has 0 bridgehead atoms. The number of hydrogen-bond acceptors (Lipinski definition) is 5. The fraction of sp³-hybridized carbons (Fsp3) is 0.182. The first-order valence-electron chi connectivity index (χ1n) is 9.28. The maximum Gasteiger partial charge on any atom is 0.387 e. The van der Waals surface area contributed by atoms with Crippen molar-refractivity contribution in [1.29, 1.82) is 0 Å². The molecule has 31 heavy (non-hydrogen) atoms. The van der Waals surface area contributed by atoms with Crippen LogP contribution >= 0.6 is 0 Å². The molecule has 2 aromatic carbocycles. The molecule has 0 radical (unpaired) electrons. The minimum absolute atomic E-state index is 0.0583. The van der Waals surface area contributed by atoms with E-state index in [0.717, 1.165) is 5.56 Å². The average Bonchev–Trinajstić information content (AvgIpc) is 3.29. The van der Waals surface area contributed by atoms with Gasteiger partial charge in [0.25, 0.3) is 5.91 Å². The number of amides is 2. The first-order chi connectivity index (χ1) is 15.0. The summed E-state index contributed by atoms with van der Waals surface area (Å²) in [4.78, 5) is 25.4. The highest BCUT2D eigenvalue weighted by Crippen LogP contribution is 2.31. The van der Waals surface area contributed by atoms with Gasteiger partial charge in [-0.15, -0.1) is 0 Å². The summed E-state index contributed by atoms with van der Waals surface area (Å²) in [6.45, 7) is -3.06. The van der Waals surface area contributed by atoms with Crippen molar-refractivity contribution in [2.24, 2.45) is 0 Å². The molecule has 9 heteroatoms. The lowest BCUT2D eigenvalue weighted by atomic mass is 10.0. The molecule has 1 unspecified atom stereocenters. The molecule has 2 amide bonds. The van der Waals surface area contributed by atoms with Crippen LogP contribution in [0.25, 0.3) is 0 Å². The SMILES string of the molecule is COc1ccc(NC(=O)C(Cc2ccccc2)NC(=O)c2ccco2)cc1OC(F)F. The molecule has 7 nitrogen and oxygen atoms in total. The van der Waals surface area contributed by atoms with Crippen LogP contribution in [0.5, 0.6) is 11.5 Å². The topological polar surface area (TPSA) is 89.8 Å². The van der Waals surface area contributed by atoms with Crippen molar-refractivity contribution in [3.63, 3.8) is 0 Å². The van der Waals surface area contributed by atoms with Gasteiger partial charge in [0.2, 0.25) is 5.91 Å². The second kappa shape index (κ2) is 10.2. The molecule has 2 N–H and O–H groups in total. The summed E-state index contributed by atoms with van der Waals surface area (Å²) in [6, 6.07) is 15.3. The summed E-state index contributed by atoms with van der Waals surface area (Å²) in [6.07, 6.45) is 1.55. The lowest BCUT2D eigenvalue weighted by Crippen LogP contribution is -2.45. The molecule has 0 saturated carbocycles. The van der Waals surface area contributed by atoms with Crippen LogP contribution in [0.2, 0.25) is 0 Å². The number of anilines is 1. The van der Waals surface area contributed by atoms with Gasteiger partial charge in [-0.3, -0.25) is 9.59 Å². The summed E-state index contributed by atoms with van der Waals surface area (Å²) in [5.74, 6) is -1.18. The Morgan fingerprint density at radius 1 is 1.03 bits per heavy atom. The molecule has 0 aliphatic rings. The summed E-state index contributed by atoms with van der Waals surface area (Å²) in [5, 5.41) is 5.25. The molecule has 0 aliphatic heterocycles. The molecule has 3 aromatic rings. The second-order valence-corrected chi connectivity index (χ2v) is 6.43. The Hall–Kier alpha value is -3.88. The van der Waals surface area contributed by atoms with Gasteiger partial charge in [0.1, 0.15) is 6.04 Å². The Kier molecular flexibility index (Phi) is 7.21. The molecular weight excluding hydrogens is 410 g/mol. The summed E-state index contributed by atoms with van der Waals surface area (Å²) in [5.41, 5.74) is 1.02. The van der Waals surface area contributed by atoms with Gasteiger partial charge >= 0.3 is 6.61 Å². The van der Waals surface area contributed by atoms with Gasteiger partial charge in [-0.25, -0.2) is 0 Å². The largest absolute Gasteiger partial charge is 0.493 e. The van der Waals surface area contributed by atoms with Crippen molar-refractivity contribution in [3.8, 4) is 11.5 Å². The highest BCUT2D eigenvalue weighted by Gasteiger charge is 2.24. The van der Waals surface area contributed by atoms with Crippen molar-refractivity contribution in [1.82, 2.24) is 5.32 Å². The number of alkyl halides is 2. The van der Waals surface area contributed by atoms with Crippen LogP contribution < -0.4 is 20.1 Å². The van der Waals surface area contributed by atoms with E-state index in [1.54, 1.807) is 6.07 Å². The van der Waals surface area contributed by atoms with Gasteiger partial charge in [0, 0.05) is 18.2 Å². The van der Waals surface area contributed by atoms with Gasteiger partial charge in [0.05, 0.1) is 13.4 Å². The number of furan rings is 1. The van der Waals surface area contributed by atoms with Crippen LogP contribution in [-0.2, 0) is 11.2 Å². The number of carbonyl (C=O) groups excluding carboxylic acids is 2. The molecule has 0 spiro atoms. The van der Waals surface area contributed by atoms with E-state index < -0.39 is 24.5 Å². The molecule has 3 rings (SSSR count). The molecule has 1 aromatic heterocycles. The number of carbonyl (C=O) groups is 2. The molecule has 1 atom stereocenters. The van der Waals surface area contributed by atoms with Crippen LogP contribution in [0, 0.1) is 0 Å². The van der Waals surface area contributed by atoms with E-state index in [2.05, 4.69) is 15.4 Å². The first-order valence-corrected chi connectivity index (χ1v) is 9.28. The maximum atomic E-state index is 12.9. The van der Waals surface area contributed by atoms with E-state index in [9.17, 15) is 18.4 Å². The number of benzene rings is 2. The molecule has 162 valence electrons. The standard InChI is InChI=1S/C22H20F2N2O5/c1-29-17-10-9-15(13-19(17)31-22(23)24)25-20(27)16(12-14-6-3-2-4-7-14)26-21(28)18-8-5-11-30-18/h2-11,13,16,22H,12H2,1H3,(H,25,27)(H,26,28). The third-order valence-electron chi connectivity index (χ3n) is 4.30. The molecule has 0 saturated heterocycles. The van der Waals surface area contributed by atoms with Crippen LogP contribution in [0.1, 0.15) is 16.1 Å². The minimum Gasteiger partial charge on any atom is -0.493 e. The second-order valence-electron chi connectivity index (χ2n) is 6.43. The van der Waals surface area contributed by atoms with E-state index in [4.69, 9.17) is 9.15 Å². The molecular formula is C22H20F2N2O5. The predicted molar refractivity (Wildman–Crippen MR) is 108 cm³/mol. The zero-order valence-electron chi connectivity index (χ0n) is 16.5. The van der Waals surface area contributed by atoms with Gasteiger partial charge in [-0.1, -0.05) is 30.3 Å². The highest BCUT2D eigenvalue weighted by molar-refractivity contribution is 6.00. The van der Waals surface area contributed by atoms with Crippen molar-refractivity contribution in [2.45, 2.75) is 19.1 Å². The zero-order valence-corrected chi connectivity index (χ0v) is 16.5. The maximum absolute atomic E-state index is 12.9. The predicted octanol–water partition coefficient (Wildman–Crippen LogP) is 3.87. The summed E-state index contributed by atoms with van der Waals surface area (Å²) in [7, 11) is 1.31. The van der Waals surface area contributed by atoms with Crippen LogP contribution in [0.3, 0.4) is 0 Å². The smallest absolute Gasteiger partial charge is 0.387 e. The number of rotatable bonds is 9. The quantitative estimate of drug-likeness (QED) is 0.538. The average molecular weight is 430 g/mol. The van der Waals surface area contributed by atoms with E-state index in [1.165, 1.54) is 37.6 Å². The third kappa shape index (κ3) is 6.05. The van der Waals surface area contributed by atoms with Crippen LogP contribution in [0.15, 0.2) is 71.3 Å². The minimum atomic E-state index is -3.06. The molecule has 0 aliphatic carbocycles. The van der Waals surface area contributed by atoms with Crippen molar-refractivity contribution >= 4 is 17.5 Å². The Morgan fingerprint density at radius 3 is 2.45 bits per heavy atom. The number of ether oxygens (including phenoxy) is 2. The van der Waals surface area contributed by atoms with E-state index >= 15 is 0 Å². The van der Waals surface area contributed by atoms with Crippen LogP contribution in [-0.4, -0.2) is 31.6 Å². The lowest BCUT2D eigenvalue weighted by molar-refractivity contribution is -0.118. The molecule has 1 heterocycles. The van der Waals surface area contributed by atoms with Crippen molar-refractivity contribution in [2.75, 3.05) is 12.4 Å². The van der Waals surface area contributed by atoms with Gasteiger partial charge in [-0.05, 0) is 29.8 Å². The number of hydrogen-bond donors (Lipinski definition) is 2. The van der Waals surface area contributed by atoms with E-state index in [-0.39, 0.29) is 29.4 Å². The van der Waals surface area contributed by atoms with Crippen molar-refractivity contribution < 1.29 is 32.3 Å². The number of halogens is 2. The van der Waals surface area contributed by atoms with Crippen molar-refractivity contribution in [3.05, 3.63) is 78.3 Å². The highest BCUT2D eigenvalue weighted by atomic mass is 19.3. The summed E-state index contributed by atoms with van der Waals surface area (Å²) >= 11 is 0. The Balaban J connectivity index is 1.79. The van der Waals surface area contributed by atoms with Gasteiger partial charge in [0.15, 0.2) is 17.3 Å². The normalized spacial score (nSPS) is 11.6. The molecule has 0 fully saturated rings. The lowest BCUT2D eigenvalue weighted by Gasteiger charge is -2.19. The third-order valence-corrected chi connectivity index (χ3v) is 4.30. The van der Waals surface area contributed by atoms with E-state index in [1.807, 2.05) is 30.3 Å². The van der Waals surface area contributed by atoms with Crippen LogP contribution in [0.4, 0.5) is 14.5 Å².